The maximum absolute atomic E-state index is 12.3. The molecule has 0 saturated heterocycles. The van der Waals surface area contributed by atoms with Crippen molar-refractivity contribution in [2.45, 2.75) is 5.51 Å². The normalized spacial score (nSPS) is 12.2. The molecule has 0 aliphatic heterocycles. The lowest BCUT2D eigenvalue weighted by molar-refractivity contribution is -0.0501. The van der Waals surface area contributed by atoms with Crippen molar-refractivity contribution in [3.63, 3.8) is 0 Å². The number of methoxy groups -OCH3 is 1. The molecule has 0 N–H and O–H groups in total. The van der Waals surface area contributed by atoms with Crippen molar-refractivity contribution in [1.29, 1.82) is 0 Å². The largest absolute Gasteiger partial charge is 0.534 e. The van der Waals surface area contributed by atoms with E-state index in [1.54, 1.807) is 6.07 Å². The zero-order chi connectivity index (χ0) is 16.5. The van der Waals surface area contributed by atoms with Gasteiger partial charge in [0, 0.05) is 11.5 Å². The Bertz CT molecular complexity index is 832. The summed E-state index contributed by atoms with van der Waals surface area (Å²) < 4.78 is 67.4. The number of aromatic nitrogens is 1. The number of para-hydroxylation sites is 1. The number of rotatable bonds is 3. The number of carbonyl (C=O) groups is 1. The lowest BCUT2D eigenvalue weighted by Gasteiger charge is -2.11. The van der Waals surface area contributed by atoms with Crippen molar-refractivity contribution in [2.24, 2.45) is 0 Å². The molecule has 1 aromatic carbocycles. The van der Waals surface area contributed by atoms with Gasteiger partial charge in [-0.05, 0) is 6.07 Å². The molecule has 1 heterocycles. The minimum absolute atomic E-state index is 0.0813. The van der Waals surface area contributed by atoms with E-state index in [1.165, 1.54) is 18.2 Å². The topological polar surface area (TPSA) is 82.6 Å². The van der Waals surface area contributed by atoms with Crippen molar-refractivity contribution in [3.05, 3.63) is 35.9 Å². The number of hydrogen-bond donors (Lipinski definition) is 0. The molecule has 0 spiro atoms. The molecule has 0 aliphatic carbocycles. The number of pyridine rings is 1. The Morgan fingerprint density at radius 3 is 2.45 bits per heavy atom. The van der Waals surface area contributed by atoms with Crippen molar-refractivity contribution < 1.29 is 35.3 Å². The number of hydrogen-bond acceptors (Lipinski definition) is 6. The van der Waals surface area contributed by atoms with Crippen LogP contribution in [-0.2, 0) is 14.9 Å². The molecule has 22 heavy (non-hydrogen) atoms. The summed E-state index contributed by atoms with van der Waals surface area (Å²) in [5.74, 6) is -1.75. The van der Waals surface area contributed by atoms with E-state index in [1.807, 2.05) is 0 Å². The highest BCUT2D eigenvalue weighted by molar-refractivity contribution is 7.87. The molecule has 0 atom stereocenters. The number of esters is 1. The quantitative estimate of drug-likeness (QED) is 0.486. The predicted octanol–water partition coefficient (Wildman–Crippen LogP) is 2.25. The van der Waals surface area contributed by atoms with E-state index in [4.69, 9.17) is 0 Å². The van der Waals surface area contributed by atoms with E-state index >= 15 is 0 Å². The van der Waals surface area contributed by atoms with Crippen LogP contribution in [0.4, 0.5) is 13.2 Å². The third-order valence-electron chi connectivity index (χ3n) is 2.58. The first kappa shape index (κ1) is 16.0. The smallest absolute Gasteiger partial charge is 0.465 e. The maximum Gasteiger partial charge on any atom is 0.534 e. The Hall–Kier alpha value is -2.36. The molecule has 118 valence electrons. The van der Waals surface area contributed by atoms with Gasteiger partial charge in [-0.2, -0.15) is 21.6 Å². The molecule has 0 saturated carbocycles. The van der Waals surface area contributed by atoms with E-state index < -0.39 is 27.5 Å². The van der Waals surface area contributed by atoms with Crippen molar-refractivity contribution in [3.8, 4) is 5.88 Å². The van der Waals surface area contributed by atoms with Crippen molar-refractivity contribution in [2.75, 3.05) is 7.11 Å². The van der Waals surface area contributed by atoms with Crippen LogP contribution < -0.4 is 4.18 Å². The molecule has 6 nitrogen and oxygen atoms in total. The third-order valence-corrected chi connectivity index (χ3v) is 3.53. The summed E-state index contributed by atoms with van der Waals surface area (Å²) >= 11 is 0. The molecule has 0 fully saturated rings. The highest BCUT2D eigenvalue weighted by Gasteiger charge is 2.49. The van der Waals surface area contributed by atoms with Gasteiger partial charge in [0.2, 0.25) is 5.88 Å². The van der Waals surface area contributed by atoms with E-state index in [0.717, 1.165) is 13.2 Å². The van der Waals surface area contributed by atoms with Gasteiger partial charge < -0.3 is 8.92 Å². The SMILES string of the molecule is COC(=O)c1cc(OS(=O)(=O)C(F)(F)F)nc2ccccc12. The fraction of sp³-hybridized carbons (Fsp3) is 0.167. The Labute approximate surface area is 122 Å². The average molecular weight is 335 g/mol. The van der Waals surface area contributed by atoms with Crippen molar-refractivity contribution >= 4 is 27.0 Å². The monoisotopic (exact) mass is 335 g/mol. The van der Waals surface area contributed by atoms with Gasteiger partial charge in [-0.3, -0.25) is 0 Å². The third kappa shape index (κ3) is 2.96. The standard InChI is InChI=1S/C12H8F3NO5S/c1-20-11(17)8-6-10(21-22(18,19)12(13,14)15)16-9-5-3-2-4-7(8)9/h2-6H,1H3. The summed E-state index contributed by atoms with van der Waals surface area (Å²) in [7, 11) is -4.81. The fourth-order valence-corrected chi connectivity index (χ4v) is 2.04. The minimum Gasteiger partial charge on any atom is -0.465 e. The molecule has 0 bridgehead atoms. The van der Waals surface area contributed by atoms with Gasteiger partial charge in [-0.15, -0.1) is 0 Å². The van der Waals surface area contributed by atoms with Gasteiger partial charge in [0.25, 0.3) is 0 Å². The number of benzene rings is 1. The number of fused-ring (bicyclic) bond motifs is 1. The number of ether oxygens (including phenoxy) is 1. The molecule has 10 heteroatoms. The molecular formula is C12H8F3NO5S. The van der Waals surface area contributed by atoms with Gasteiger partial charge in [-0.1, -0.05) is 18.2 Å². The van der Waals surface area contributed by atoms with Crippen LogP contribution in [-0.4, -0.2) is 32.0 Å². The first-order valence-electron chi connectivity index (χ1n) is 5.64. The first-order valence-corrected chi connectivity index (χ1v) is 7.05. The molecule has 0 aliphatic rings. The van der Waals surface area contributed by atoms with Crippen molar-refractivity contribution in [1.82, 2.24) is 4.98 Å². The molecule has 0 amide bonds. The van der Waals surface area contributed by atoms with Crippen LogP contribution in [0.15, 0.2) is 30.3 Å². The van der Waals surface area contributed by atoms with E-state index in [0.29, 0.717) is 0 Å². The van der Waals surface area contributed by atoms with E-state index in [-0.39, 0.29) is 16.5 Å². The van der Waals surface area contributed by atoms with Crippen LogP contribution in [0.3, 0.4) is 0 Å². The number of halogens is 3. The summed E-state index contributed by atoms with van der Waals surface area (Å²) in [5.41, 5.74) is -5.69. The second kappa shape index (κ2) is 5.44. The number of carbonyl (C=O) groups excluding carboxylic acids is 1. The van der Waals surface area contributed by atoms with Gasteiger partial charge in [-0.25, -0.2) is 9.78 Å². The van der Waals surface area contributed by atoms with Crippen LogP contribution in [0.25, 0.3) is 10.9 Å². The second-order valence-electron chi connectivity index (χ2n) is 4.00. The summed E-state index contributed by atoms with van der Waals surface area (Å²) in [6.07, 6.45) is 0. The summed E-state index contributed by atoms with van der Waals surface area (Å²) in [6, 6.07) is 6.73. The van der Waals surface area contributed by atoms with Crippen LogP contribution in [0.1, 0.15) is 10.4 Å². The van der Waals surface area contributed by atoms with E-state index in [9.17, 15) is 26.4 Å². The van der Waals surface area contributed by atoms with Gasteiger partial charge in [0.05, 0.1) is 18.2 Å². The van der Waals surface area contributed by atoms with Crippen LogP contribution in [0.2, 0.25) is 0 Å². The lowest BCUT2D eigenvalue weighted by Crippen LogP contribution is -2.28. The zero-order valence-electron chi connectivity index (χ0n) is 10.9. The first-order chi connectivity index (χ1) is 10.2. The molecule has 2 aromatic rings. The van der Waals surface area contributed by atoms with Gasteiger partial charge in [0.1, 0.15) is 0 Å². The lowest BCUT2D eigenvalue weighted by atomic mass is 10.1. The summed E-state index contributed by atoms with van der Waals surface area (Å²) in [5, 5.41) is 0.283. The highest BCUT2D eigenvalue weighted by Crippen LogP contribution is 2.28. The Kier molecular flexibility index (Phi) is 3.96. The highest BCUT2D eigenvalue weighted by atomic mass is 32.2. The Balaban J connectivity index is 2.60. The number of nitrogens with zero attached hydrogens (tertiary/aromatic N) is 1. The molecular weight excluding hydrogens is 327 g/mol. The summed E-state index contributed by atoms with van der Waals surface area (Å²) in [4.78, 5) is 15.3. The van der Waals surface area contributed by atoms with Gasteiger partial charge >= 0.3 is 21.6 Å². The Morgan fingerprint density at radius 1 is 1.23 bits per heavy atom. The maximum atomic E-state index is 12.3. The summed E-state index contributed by atoms with van der Waals surface area (Å²) in [6.45, 7) is 0. The predicted molar refractivity (Wildman–Crippen MR) is 68.7 cm³/mol. The Morgan fingerprint density at radius 2 is 1.86 bits per heavy atom. The average Bonchev–Trinajstić information content (AvgIpc) is 2.44. The second-order valence-corrected chi connectivity index (χ2v) is 5.54. The molecule has 2 rings (SSSR count). The van der Waals surface area contributed by atoms with E-state index in [2.05, 4.69) is 13.9 Å². The number of alkyl halides is 3. The zero-order valence-corrected chi connectivity index (χ0v) is 11.7. The molecule has 0 unspecified atom stereocenters. The van der Waals surface area contributed by atoms with Crippen LogP contribution in [0.5, 0.6) is 5.88 Å². The van der Waals surface area contributed by atoms with Gasteiger partial charge in [0.15, 0.2) is 0 Å². The molecule has 0 radical (unpaired) electrons. The molecule has 1 aromatic heterocycles. The fourth-order valence-electron chi connectivity index (χ4n) is 1.63. The minimum atomic E-state index is -5.88. The van der Waals surface area contributed by atoms with Crippen LogP contribution >= 0.6 is 0 Å². The van der Waals surface area contributed by atoms with Crippen LogP contribution in [0, 0.1) is 0 Å².